The maximum absolute atomic E-state index is 7.35. The number of pyridine rings is 2. The lowest BCUT2D eigenvalue weighted by Gasteiger charge is -2.46. The fourth-order valence-electron chi connectivity index (χ4n) is 9.98. The van der Waals surface area contributed by atoms with Gasteiger partial charge in [-0.25, -0.2) is 0 Å². The third-order valence-electron chi connectivity index (χ3n) is 13.0. The van der Waals surface area contributed by atoms with Crippen LogP contribution in [0.1, 0.15) is 0 Å². The summed E-state index contributed by atoms with van der Waals surface area (Å²) in [7, 11) is -4.17. The Kier molecular flexibility index (Phi) is 11.1. The largest absolute Gasteiger partial charge is 0.454 e. The molecule has 0 bridgehead atoms. The maximum Gasteiger partial charge on any atom is 0.148 e. The van der Waals surface area contributed by atoms with Crippen molar-refractivity contribution in [3.63, 3.8) is 0 Å². The molecule has 0 unspecified atom stereocenters. The summed E-state index contributed by atoms with van der Waals surface area (Å²) in [6.45, 7) is 0. The van der Waals surface area contributed by atoms with Crippen molar-refractivity contribution in [1.29, 1.82) is 0 Å². The Bertz CT molecular complexity index is 3370. The van der Waals surface area contributed by atoms with E-state index in [-0.39, 0.29) is 0 Å². The molecule has 3 heterocycles. The van der Waals surface area contributed by atoms with Gasteiger partial charge in [0, 0.05) is 80.6 Å². The second kappa shape index (κ2) is 18.1. The van der Waals surface area contributed by atoms with E-state index in [1.54, 1.807) is 0 Å². The van der Waals surface area contributed by atoms with Gasteiger partial charge in [-0.2, -0.15) is 0 Å². The molecule has 0 saturated carbocycles. The second-order valence-electron chi connectivity index (χ2n) is 17.0. The van der Waals surface area contributed by atoms with E-state index in [2.05, 4.69) is 253 Å². The quantitative estimate of drug-likeness (QED) is 0.137. The highest BCUT2D eigenvalue weighted by molar-refractivity contribution is 8.34. The summed E-state index contributed by atoms with van der Waals surface area (Å²) in [5.41, 5.74) is 8.54. The zero-order chi connectivity index (χ0) is 46.0. The second-order valence-corrected chi connectivity index (χ2v) is 23.2. The number of para-hydroxylation sites is 2. The van der Waals surface area contributed by atoms with Gasteiger partial charge in [0.25, 0.3) is 0 Å². The molecule has 5 heteroatoms. The lowest BCUT2D eigenvalue weighted by Crippen LogP contribution is -2.12. The SMILES string of the molecule is c1ccc(S(c2ccccc2)(c2ccccc2)c2cc(-c3cc(-c4cccnc4)cc(-c4cccnc4)c3)cc(-c3cccc4c3Oc3ccccc3S4(c3ccccc3)c3ccccc3)c2)cc1. The number of nitrogens with zero attached hydrogens (tertiary/aromatic N) is 2. The molecule has 330 valence electrons. The Morgan fingerprint density at radius 2 is 0.739 bits per heavy atom. The Morgan fingerprint density at radius 3 is 1.25 bits per heavy atom. The van der Waals surface area contributed by atoms with Gasteiger partial charge in [0.15, 0.2) is 0 Å². The smallest absolute Gasteiger partial charge is 0.148 e. The molecule has 11 aromatic rings. The van der Waals surface area contributed by atoms with Crippen LogP contribution in [0.5, 0.6) is 11.5 Å². The average molecular weight is 923 g/mol. The van der Waals surface area contributed by atoms with E-state index >= 15 is 0 Å². The lowest BCUT2D eigenvalue weighted by atomic mass is 9.92. The third-order valence-corrected chi connectivity index (χ3v) is 20.8. The molecule has 0 fully saturated rings. The fourth-order valence-corrected chi connectivity index (χ4v) is 18.0. The van der Waals surface area contributed by atoms with Crippen LogP contribution in [-0.2, 0) is 0 Å². The number of aromatic nitrogens is 2. The number of hydrogen-bond donors (Lipinski definition) is 0. The molecule has 0 saturated heterocycles. The van der Waals surface area contributed by atoms with E-state index in [1.807, 2.05) is 36.9 Å². The van der Waals surface area contributed by atoms with Gasteiger partial charge in [-0.1, -0.05) is 127 Å². The zero-order valence-electron chi connectivity index (χ0n) is 37.7. The van der Waals surface area contributed by atoms with Gasteiger partial charge < -0.3 is 4.74 Å². The van der Waals surface area contributed by atoms with Crippen LogP contribution in [0.15, 0.2) is 319 Å². The highest BCUT2D eigenvalue weighted by atomic mass is 32.3. The molecule has 2 aromatic heterocycles. The van der Waals surface area contributed by atoms with Gasteiger partial charge in [0.2, 0.25) is 0 Å². The maximum atomic E-state index is 7.35. The molecule has 3 nitrogen and oxygen atoms in total. The van der Waals surface area contributed by atoms with Gasteiger partial charge in [0.05, 0.1) is 0 Å². The van der Waals surface area contributed by atoms with Gasteiger partial charge in [0.1, 0.15) is 11.5 Å². The Hall–Kier alpha value is -8.22. The van der Waals surface area contributed by atoms with Crippen LogP contribution in [0.3, 0.4) is 0 Å². The summed E-state index contributed by atoms with van der Waals surface area (Å²) >= 11 is 0. The van der Waals surface area contributed by atoms with Crippen LogP contribution in [0.4, 0.5) is 0 Å². The van der Waals surface area contributed by atoms with E-state index in [0.29, 0.717) is 0 Å². The van der Waals surface area contributed by atoms with E-state index in [1.165, 1.54) is 39.2 Å². The zero-order valence-corrected chi connectivity index (χ0v) is 39.3. The molecule has 12 rings (SSSR count). The highest BCUT2D eigenvalue weighted by Gasteiger charge is 2.42. The molecular formula is C64H46N2OS2. The van der Waals surface area contributed by atoms with Crippen LogP contribution in [0.2, 0.25) is 0 Å². The molecule has 9 aromatic carbocycles. The number of ether oxygens (including phenoxy) is 1. The average Bonchev–Trinajstić information content (AvgIpc) is 3.44. The van der Waals surface area contributed by atoms with E-state index < -0.39 is 20.1 Å². The van der Waals surface area contributed by atoms with Crippen LogP contribution < -0.4 is 4.74 Å². The van der Waals surface area contributed by atoms with Gasteiger partial charge >= 0.3 is 0 Å². The van der Waals surface area contributed by atoms with Gasteiger partial charge in [-0.05, 0) is 155 Å². The lowest BCUT2D eigenvalue weighted by molar-refractivity contribution is 0.454. The van der Waals surface area contributed by atoms with Crippen LogP contribution in [0, 0.1) is 0 Å². The summed E-state index contributed by atoms with van der Waals surface area (Å²) < 4.78 is 7.35. The first-order chi connectivity index (χ1) is 34.2. The molecule has 69 heavy (non-hydrogen) atoms. The Labute approximate surface area is 407 Å². The molecule has 0 amide bonds. The minimum absolute atomic E-state index is 0.875. The highest BCUT2D eigenvalue weighted by Crippen LogP contribution is 2.80. The normalized spacial score (nSPS) is 13.3. The van der Waals surface area contributed by atoms with Crippen molar-refractivity contribution in [2.45, 2.75) is 39.2 Å². The van der Waals surface area contributed by atoms with Crippen LogP contribution in [0.25, 0.3) is 44.5 Å². The molecular weight excluding hydrogens is 877 g/mol. The summed E-state index contributed by atoms with van der Waals surface area (Å²) in [4.78, 5) is 19.0. The first-order valence-corrected chi connectivity index (χ1v) is 26.4. The van der Waals surface area contributed by atoms with Gasteiger partial charge in [-0.3, -0.25) is 9.97 Å². The minimum Gasteiger partial charge on any atom is -0.454 e. The third kappa shape index (κ3) is 7.35. The minimum atomic E-state index is -2.13. The predicted molar refractivity (Wildman–Crippen MR) is 284 cm³/mol. The number of hydrogen-bond acceptors (Lipinski definition) is 3. The number of fused-ring (bicyclic) bond motifs is 2. The fraction of sp³-hybridized carbons (Fsp3) is 0. The molecule has 0 atom stereocenters. The van der Waals surface area contributed by atoms with Crippen LogP contribution in [-0.4, -0.2) is 9.97 Å². The Morgan fingerprint density at radius 1 is 0.319 bits per heavy atom. The van der Waals surface area contributed by atoms with Crippen molar-refractivity contribution < 1.29 is 4.74 Å². The van der Waals surface area contributed by atoms with Crippen molar-refractivity contribution in [2.24, 2.45) is 0 Å². The van der Waals surface area contributed by atoms with E-state index in [0.717, 1.165) is 56.0 Å². The number of benzene rings is 9. The van der Waals surface area contributed by atoms with E-state index in [4.69, 9.17) is 4.74 Å². The predicted octanol–water partition coefficient (Wildman–Crippen LogP) is 17.9. The molecule has 0 radical (unpaired) electrons. The molecule has 0 N–H and O–H groups in total. The van der Waals surface area contributed by atoms with Gasteiger partial charge in [-0.15, -0.1) is 20.1 Å². The van der Waals surface area contributed by atoms with Crippen LogP contribution >= 0.6 is 20.1 Å². The molecule has 0 spiro atoms. The summed E-state index contributed by atoms with van der Waals surface area (Å²) in [5.74, 6) is 1.75. The Balaban J connectivity index is 1.20. The van der Waals surface area contributed by atoms with Crippen molar-refractivity contribution in [1.82, 2.24) is 9.97 Å². The number of rotatable bonds is 10. The first kappa shape index (κ1) is 42.2. The molecule has 1 aliphatic heterocycles. The van der Waals surface area contributed by atoms with Crippen molar-refractivity contribution in [3.8, 4) is 56.0 Å². The standard InChI is InChI=1S/C64H46N2OS2/c1-6-23-54(24-7-1)68(55-25-8-2-9-26-55,56-27-10-3-11-28-56)59-43-52(51-40-49(47-21-19-37-65-45-47)39-50(41-51)48-22-20-38-66-46-48)42-53(44-59)60-33-18-36-63-64(60)67-61-34-16-17-35-62(61)69(63,57-29-12-4-13-30-57)58-31-14-5-15-32-58/h1-46H. The van der Waals surface area contributed by atoms with Crippen molar-refractivity contribution in [3.05, 3.63) is 280 Å². The molecule has 1 aliphatic rings. The van der Waals surface area contributed by atoms with E-state index in [9.17, 15) is 0 Å². The molecule has 0 aliphatic carbocycles. The summed E-state index contributed by atoms with van der Waals surface area (Å²) in [6, 6.07) is 93.3. The summed E-state index contributed by atoms with van der Waals surface area (Å²) in [5, 5.41) is 0. The topological polar surface area (TPSA) is 35.0 Å². The van der Waals surface area contributed by atoms with Crippen molar-refractivity contribution in [2.75, 3.05) is 0 Å². The monoisotopic (exact) mass is 922 g/mol. The van der Waals surface area contributed by atoms with Crippen molar-refractivity contribution >= 4 is 20.1 Å². The first-order valence-electron chi connectivity index (χ1n) is 23.2. The summed E-state index contributed by atoms with van der Waals surface area (Å²) in [6.07, 6.45) is 7.56.